The Labute approximate surface area is 422 Å². The summed E-state index contributed by atoms with van der Waals surface area (Å²) in [6.45, 7) is 5.74. The quantitative estimate of drug-likeness (QED) is 0.0196. The van der Waals surface area contributed by atoms with Gasteiger partial charge in [-0.2, -0.15) is 0 Å². The average molecular weight is 978 g/mol. The van der Waals surface area contributed by atoms with Crippen LogP contribution in [0.3, 0.4) is 0 Å². The van der Waals surface area contributed by atoms with Gasteiger partial charge in [0.2, 0.25) is 5.91 Å². The van der Waals surface area contributed by atoms with Gasteiger partial charge in [0, 0.05) is 6.42 Å². The number of unbranched alkanes of at least 4 members (excludes halogenated alkanes) is 30. The van der Waals surface area contributed by atoms with Crippen LogP contribution in [0.2, 0.25) is 0 Å². The maximum absolute atomic E-state index is 13.3. The number of nitrogens with one attached hydrogen (secondary N) is 1. The molecule has 1 heterocycles. The molecule has 0 spiro atoms. The van der Waals surface area contributed by atoms with Gasteiger partial charge in [-0.25, -0.2) is 0 Å². The fourth-order valence-corrected chi connectivity index (χ4v) is 8.92. The molecule has 8 unspecified atom stereocenters. The van der Waals surface area contributed by atoms with E-state index in [1.54, 1.807) is 6.08 Å². The molecule has 6 N–H and O–H groups in total. The summed E-state index contributed by atoms with van der Waals surface area (Å²) >= 11 is 0. The van der Waals surface area contributed by atoms with Gasteiger partial charge >= 0.3 is 5.97 Å². The normalized spacial score (nSPS) is 20.0. The van der Waals surface area contributed by atoms with E-state index in [-0.39, 0.29) is 13.0 Å². The van der Waals surface area contributed by atoms with Crippen molar-refractivity contribution in [3.63, 3.8) is 0 Å². The minimum Gasteiger partial charge on any atom is -0.454 e. The lowest BCUT2D eigenvalue weighted by molar-refractivity contribution is -0.305. The maximum atomic E-state index is 13.3. The lowest BCUT2D eigenvalue weighted by atomic mass is 9.99. The first-order valence-corrected chi connectivity index (χ1v) is 28.8. The van der Waals surface area contributed by atoms with E-state index in [1.165, 1.54) is 135 Å². The average Bonchev–Trinajstić information content (AvgIpc) is 3.34. The highest BCUT2D eigenvalue weighted by molar-refractivity contribution is 5.80. The van der Waals surface area contributed by atoms with Gasteiger partial charge in [0.05, 0.1) is 25.4 Å². The first-order chi connectivity index (χ1) is 33.7. The van der Waals surface area contributed by atoms with Crippen molar-refractivity contribution < 1.29 is 49.3 Å². The number of esters is 1. The topological polar surface area (TPSA) is 175 Å². The molecule has 0 bridgehead atoms. The molecule has 11 nitrogen and oxygen atoms in total. The molecule has 11 heteroatoms. The van der Waals surface area contributed by atoms with Crippen molar-refractivity contribution in [1.29, 1.82) is 0 Å². The lowest BCUT2D eigenvalue weighted by Gasteiger charge is -2.41. The summed E-state index contributed by atoms with van der Waals surface area (Å²) < 4.78 is 17.6. The van der Waals surface area contributed by atoms with Crippen molar-refractivity contribution in [1.82, 2.24) is 5.32 Å². The van der Waals surface area contributed by atoms with Crippen molar-refractivity contribution in [2.45, 2.75) is 307 Å². The third kappa shape index (κ3) is 35.6. The number of aliphatic hydroxyl groups is 5. The summed E-state index contributed by atoms with van der Waals surface area (Å²) in [5, 5.41) is 56.7. The minimum absolute atomic E-state index is 0.117. The van der Waals surface area contributed by atoms with Gasteiger partial charge in [-0.1, -0.05) is 231 Å². The molecule has 8 atom stereocenters. The highest BCUT2D eigenvalue weighted by Crippen LogP contribution is 2.26. The second-order valence-electron chi connectivity index (χ2n) is 20.0. The molecule has 0 aliphatic carbocycles. The third-order valence-corrected chi connectivity index (χ3v) is 13.5. The van der Waals surface area contributed by atoms with Crippen LogP contribution in [0, 0.1) is 0 Å². The van der Waals surface area contributed by atoms with E-state index in [0.717, 1.165) is 77.0 Å². The molecule has 1 fully saturated rings. The molecule has 69 heavy (non-hydrogen) atoms. The van der Waals surface area contributed by atoms with Crippen LogP contribution in [-0.4, -0.2) is 99.6 Å². The van der Waals surface area contributed by atoms with Crippen molar-refractivity contribution in [3.8, 4) is 0 Å². The number of carbonyl (C=O) groups excluding carboxylic acids is 2. The smallest absolute Gasteiger partial charge is 0.306 e. The van der Waals surface area contributed by atoms with Crippen LogP contribution < -0.4 is 5.32 Å². The van der Waals surface area contributed by atoms with E-state index < -0.39 is 67.4 Å². The molecule has 0 aromatic carbocycles. The van der Waals surface area contributed by atoms with Crippen LogP contribution in [0.4, 0.5) is 0 Å². The number of hydrogen-bond donors (Lipinski definition) is 6. The van der Waals surface area contributed by atoms with Crippen LogP contribution in [0.15, 0.2) is 36.5 Å². The molecule has 1 aliphatic heterocycles. The zero-order valence-electron chi connectivity index (χ0n) is 44.4. The van der Waals surface area contributed by atoms with Crippen LogP contribution in [0.5, 0.6) is 0 Å². The van der Waals surface area contributed by atoms with Crippen LogP contribution in [0.25, 0.3) is 0 Å². The fourth-order valence-electron chi connectivity index (χ4n) is 8.92. The van der Waals surface area contributed by atoms with Gasteiger partial charge in [0.15, 0.2) is 12.4 Å². The number of aliphatic hydroxyl groups excluding tert-OH is 5. The maximum Gasteiger partial charge on any atom is 0.306 e. The predicted octanol–water partition coefficient (Wildman–Crippen LogP) is 12.7. The van der Waals surface area contributed by atoms with Crippen LogP contribution >= 0.6 is 0 Å². The monoisotopic (exact) mass is 978 g/mol. The van der Waals surface area contributed by atoms with Gasteiger partial charge in [-0.15, -0.1) is 0 Å². The van der Waals surface area contributed by atoms with Crippen molar-refractivity contribution in [2.24, 2.45) is 0 Å². The zero-order valence-corrected chi connectivity index (χ0v) is 44.4. The molecule has 0 aromatic rings. The summed E-state index contributed by atoms with van der Waals surface area (Å²) in [5.74, 6) is -1.20. The summed E-state index contributed by atoms with van der Waals surface area (Å²) in [6, 6.07) is -1.02. The molecule has 0 saturated carbocycles. The van der Waals surface area contributed by atoms with Gasteiger partial charge in [0.25, 0.3) is 0 Å². The molecule has 0 aromatic heterocycles. The number of amides is 1. The Hall–Kier alpha value is -2.12. The Kier molecular flexibility index (Phi) is 44.1. The van der Waals surface area contributed by atoms with Crippen molar-refractivity contribution in [2.75, 3.05) is 13.2 Å². The molecular formula is C58H107NO10. The Balaban J connectivity index is 2.72. The van der Waals surface area contributed by atoms with Crippen LogP contribution in [-0.2, 0) is 23.8 Å². The number of rotatable bonds is 48. The van der Waals surface area contributed by atoms with E-state index in [0.29, 0.717) is 19.3 Å². The van der Waals surface area contributed by atoms with E-state index in [4.69, 9.17) is 14.2 Å². The number of carbonyl (C=O) groups is 2. The SMILES string of the molecule is CCCCC/C=C\C/C=C\CCCCCCCCCC(=O)OC1C(OCC(NC(=O)C(O)CCCCCCCCCCCC)C(O)/C=C/CCCCCCCCCCCCC)OC(CO)C(O)C1O. The summed E-state index contributed by atoms with van der Waals surface area (Å²) in [6.07, 6.45) is 43.3. The largest absolute Gasteiger partial charge is 0.454 e. The van der Waals surface area contributed by atoms with E-state index >= 15 is 0 Å². The molecule has 1 rings (SSSR count). The Morgan fingerprint density at radius 1 is 0.565 bits per heavy atom. The number of hydrogen-bond acceptors (Lipinski definition) is 10. The standard InChI is InChI=1S/C58H107NO10/c1-4-7-10-13-16-19-22-24-25-26-27-29-31-34-37-40-43-46-53(63)69-56-55(65)54(64)52(47-60)68-58(56)67-48-49(50(61)44-41-38-35-33-30-28-23-20-17-14-11-8-5-2)59-57(66)51(62)45-42-39-36-32-21-18-15-12-9-6-3/h16,19,24-25,41,44,49-52,54-56,58,60-62,64-65H,4-15,17-18,20-23,26-40,42-43,45-48H2,1-3H3,(H,59,66)/b19-16-,25-24-,44-41+. The molecule has 1 saturated heterocycles. The van der Waals surface area contributed by atoms with Gasteiger partial charge in [0.1, 0.15) is 24.4 Å². The molecule has 404 valence electrons. The first kappa shape index (κ1) is 64.9. The first-order valence-electron chi connectivity index (χ1n) is 28.8. The zero-order chi connectivity index (χ0) is 50.4. The van der Waals surface area contributed by atoms with Crippen molar-refractivity contribution in [3.05, 3.63) is 36.5 Å². The highest BCUT2D eigenvalue weighted by Gasteiger charge is 2.47. The summed E-state index contributed by atoms with van der Waals surface area (Å²) in [4.78, 5) is 26.4. The highest BCUT2D eigenvalue weighted by atomic mass is 16.7. The van der Waals surface area contributed by atoms with Gasteiger partial charge in [-0.3, -0.25) is 9.59 Å². The lowest BCUT2D eigenvalue weighted by Crippen LogP contribution is -2.61. The predicted molar refractivity (Wildman–Crippen MR) is 283 cm³/mol. The second kappa shape index (κ2) is 46.9. The Bertz CT molecular complexity index is 1260. The molecule has 1 amide bonds. The Morgan fingerprint density at radius 3 is 1.51 bits per heavy atom. The summed E-state index contributed by atoms with van der Waals surface area (Å²) in [5.41, 5.74) is 0. The number of ether oxygens (including phenoxy) is 3. The van der Waals surface area contributed by atoms with Gasteiger partial charge < -0.3 is 45.1 Å². The van der Waals surface area contributed by atoms with E-state index in [2.05, 4.69) is 50.4 Å². The molecule has 0 radical (unpaired) electrons. The van der Waals surface area contributed by atoms with Gasteiger partial charge in [-0.05, 0) is 57.8 Å². The van der Waals surface area contributed by atoms with Crippen LogP contribution in [0.1, 0.15) is 258 Å². The molecule has 1 aliphatic rings. The third-order valence-electron chi connectivity index (χ3n) is 13.5. The Morgan fingerprint density at radius 2 is 1.00 bits per heavy atom. The van der Waals surface area contributed by atoms with E-state index in [9.17, 15) is 35.1 Å². The second-order valence-corrected chi connectivity index (χ2v) is 20.0. The molecular weight excluding hydrogens is 871 g/mol. The van der Waals surface area contributed by atoms with E-state index in [1.807, 2.05) is 6.08 Å². The fraction of sp³-hybridized carbons (Fsp3) is 0.862. The number of allylic oxidation sites excluding steroid dienone is 5. The van der Waals surface area contributed by atoms with Crippen molar-refractivity contribution >= 4 is 11.9 Å². The summed E-state index contributed by atoms with van der Waals surface area (Å²) in [7, 11) is 0. The minimum atomic E-state index is -1.61.